The van der Waals surface area contributed by atoms with E-state index in [1.165, 1.54) is 21.6 Å². The minimum absolute atomic E-state index is 0.0260. The second-order valence-electron chi connectivity index (χ2n) is 5.70. The first kappa shape index (κ1) is 12.2. The number of nitrogens with zero attached hydrogens (tertiary/aromatic N) is 1. The summed E-state index contributed by atoms with van der Waals surface area (Å²) in [7, 11) is 1.66. The highest BCUT2D eigenvalue weighted by atomic mass is 16.2. The van der Waals surface area contributed by atoms with Crippen molar-refractivity contribution in [1.82, 2.24) is 10.2 Å². The number of carbonyl (C=O) groups is 1. The lowest BCUT2D eigenvalue weighted by atomic mass is 9.73. The number of fused-ring (bicyclic) bond motifs is 2. The molecule has 0 unspecified atom stereocenters. The van der Waals surface area contributed by atoms with Gasteiger partial charge < -0.3 is 5.32 Å². The third-order valence-electron chi connectivity index (χ3n) is 4.35. The Morgan fingerprint density at radius 2 is 2.21 bits per heavy atom. The van der Waals surface area contributed by atoms with Gasteiger partial charge in [0.2, 0.25) is 5.91 Å². The van der Waals surface area contributed by atoms with Gasteiger partial charge in [0.05, 0.1) is 12.0 Å². The lowest BCUT2D eigenvalue weighted by Gasteiger charge is -2.45. The van der Waals surface area contributed by atoms with Gasteiger partial charge in [-0.05, 0) is 37.3 Å². The first-order valence-corrected chi connectivity index (χ1v) is 6.75. The largest absolute Gasteiger partial charge is 0.346 e. The molecule has 0 radical (unpaired) electrons. The highest BCUT2D eigenvalue weighted by molar-refractivity contribution is 5.99. The number of guanidine groups is 1. The van der Waals surface area contributed by atoms with Crippen LogP contribution in [0.4, 0.5) is 0 Å². The second-order valence-corrected chi connectivity index (χ2v) is 5.70. The van der Waals surface area contributed by atoms with E-state index >= 15 is 0 Å². The van der Waals surface area contributed by atoms with Crippen LogP contribution in [0, 0.1) is 12.3 Å². The third-order valence-corrected chi connectivity index (χ3v) is 4.35. The molecule has 100 valence electrons. The monoisotopic (exact) mass is 257 g/mol. The van der Waals surface area contributed by atoms with Crippen molar-refractivity contribution in [2.45, 2.75) is 38.1 Å². The van der Waals surface area contributed by atoms with Crippen LogP contribution in [0.25, 0.3) is 0 Å². The fourth-order valence-electron chi connectivity index (χ4n) is 3.24. The Morgan fingerprint density at radius 3 is 2.95 bits per heavy atom. The van der Waals surface area contributed by atoms with Crippen molar-refractivity contribution >= 4 is 11.9 Å². The fraction of sp³-hybridized carbons (Fsp3) is 0.467. The minimum atomic E-state index is -0.361. The number of nitrogens with one attached hydrogen (secondary N) is 2. The zero-order valence-electron chi connectivity index (χ0n) is 11.4. The summed E-state index contributed by atoms with van der Waals surface area (Å²) in [6, 6.07) is 6.47. The van der Waals surface area contributed by atoms with E-state index in [1.54, 1.807) is 7.05 Å². The summed E-state index contributed by atoms with van der Waals surface area (Å²) >= 11 is 0. The van der Waals surface area contributed by atoms with Crippen LogP contribution in [0.3, 0.4) is 0 Å². The van der Waals surface area contributed by atoms with E-state index in [4.69, 9.17) is 5.41 Å². The molecule has 0 saturated carbocycles. The first-order valence-electron chi connectivity index (χ1n) is 6.75. The molecule has 1 aromatic carbocycles. The molecule has 2 N–H and O–H groups in total. The smallest absolute Gasteiger partial charge is 0.231 e. The predicted molar refractivity (Wildman–Crippen MR) is 74.0 cm³/mol. The lowest BCUT2D eigenvalue weighted by molar-refractivity contribution is -0.129. The number of carbonyl (C=O) groups excluding carboxylic acids is 1. The van der Waals surface area contributed by atoms with Gasteiger partial charge in [0.15, 0.2) is 5.96 Å². The molecule has 1 spiro atoms. The zero-order valence-corrected chi connectivity index (χ0v) is 11.4. The molecule has 4 heteroatoms. The van der Waals surface area contributed by atoms with Crippen molar-refractivity contribution < 1.29 is 4.79 Å². The number of amides is 1. The van der Waals surface area contributed by atoms with Gasteiger partial charge in [-0.3, -0.25) is 15.1 Å². The molecular formula is C15H19N3O. The Hall–Kier alpha value is -1.84. The van der Waals surface area contributed by atoms with Crippen molar-refractivity contribution in [2.24, 2.45) is 0 Å². The van der Waals surface area contributed by atoms with Crippen LogP contribution in [0.15, 0.2) is 18.2 Å². The van der Waals surface area contributed by atoms with Gasteiger partial charge in [0, 0.05) is 7.05 Å². The maximum Gasteiger partial charge on any atom is 0.231 e. The highest BCUT2D eigenvalue weighted by Crippen LogP contribution is 2.40. The normalized spacial score (nSPS) is 26.3. The quantitative estimate of drug-likeness (QED) is 0.746. The summed E-state index contributed by atoms with van der Waals surface area (Å²) in [6.45, 7) is 2.07. The lowest BCUT2D eigenvalue weighted by Crippen LogP contribution is -2.60. The van der Waals surface area contributed by atoms with E-state index in [2.05, 4.69) is 30.4 Å². The van der Waals surface area contributed by atoms with Crippen molar-refractivity contribution in [3.05, 3.63) is 34.9 Å². The molecule has 3 rings (SSSR count). The van der Waals surface area contributed by atoms with Gasteiger partial charge in [-0.1, -0.05) is 23.8 Å². The number of benzene rings is 1. The van der Waals surface area contributed by atoms with E-state index in [-0.39, 0.29) is 17.4 Å². The summed E-state index contributed by atoms with van der Waals surface area (Å²) in [5, 5.41) is 11.3. The molecule has 1 fully saturated rings. The first-order chi connectivity index (χ1) is 9.02. The number of hydrogen-bond donors (Lipinski definition) is 2. The summed E-state index contributed by atoms with van der Waals surface area (Å²) in [5.41, 5.74) is 3.37. The fourth-order valence-corrected chi connectivity index (χ4v) is 3.24. The SMILES string of the molecule is Cc1ccc2c(c1)[C@]1(CCC2)CC(=O)N(C)C(=N)N1. The van der Waals surface area contributed by atoms with Crippen LogP contribution in [-0.2, 0) is 16.8 Å². The third kappa shape index (κ3) is 1.82. The zero-order chi connectivity index (χ0) is 13.6. The van der Waals surface area contributed by atoms with Crippen LogP contribution >= 0.6 is 0 Å². The van der Waals surface area contributed by atoms with Crippen LogP contribution in [-0.4, -0.2) is 23.8 Å². The molecule has 1 saturated heterocycles. The maximum absolute atomic E-state index is 12.1. The molecule has 4 nitrogen and oxygen atoms in total. The van der Waals surface area contributed by atoms with Crippen molar-refractivity contribution in [3.63, 3.8) is 0 Å². The molecule has 19 heavy (non-hydrogen) atoms. The second kappa shape index (κ2) is 4.08. The molecule has 0 aromatic heterocycles. The standard InChI is InChI=1S/C15H19N3O/c1-10-5-6-11-4-3-7-15(12(11)8-10)9-13(19)18(2)14(16)17-15/h5-6,8H,3-4,7,9H2,1-2H3,(H2,16,17)/t15-/m0/s1. The molecule has 1 heterocycles. The molecule has 1 aliphatic carbocycles. The van der Waals surface area contributed by atoms with Gasteiger partial charge in [0.25, 0.3) is 0 Å². The van der Waals surface area contributed by atoms with Gasteiger partial charge in [-0.25, -0.2) is 0 Å². The summed E-state index contributed by atoms with van der Waals surface area (Å²) < 4.78 is 0. The summed E-state index contributed by atoms with van der Waals surface area (Å²) in [6.07, 6.45) is 3.50. The number of aryl methyl sites for hydroxylation is 2. The molecule has 0 bridgehead atoms. The average molecular weight is 257 g/mol. The predicted octanol–water partition coefficient (Wildman–Crippen LogP) is 1.91. The Kier molecular flexibility index (Phi) is 2.62. The van der Waals surface area contributed by atoms with Crippen molar-refractivity contribution in [1.29, 1.82) is 5.41 Å². The maximum atomic E-state index is 12.1. The van der Waals surface area contributed by atoms with E-state index in [0.717, 1.165) is 19.3 Å². The van der Waals surface area contributed by atoms with E-state index < -0.39 is 0 Å². The average Bonchev–Trinajstić information content (AvgIpc) is 2.37. The number of hydrogen-bond acceptors (Lipinski definition) is 2. The number of rotatable bonds is 0. The Balaban J connectivity index is 2.09. The Bertz CT molecular complexity index is 547. The minimum Gasteiger partial charge on any atom is -0.346 e. The van der Waals surface area contributed by atoms with Crippen LogP contribution < -0.4 is 5.32 Å². The molecule has 1 aromatic rings. The van der Waals surface area contributed by atoms with Gasteiger partial charge in [-0.2, -0.15) is 0 Å². The molecule has 1 aliphatic heterocycles. The van der Waals surface area contributed by atoms with Crippen LogP contribution in [0.2, 0.25) is 0 Å². The van der Waals surface area contributed by atoms with Crippen molar-refractivity contribution in [2.75, 3.05) is 7.05 Å². The molecule has 1 amide bonds. The van der Waals surface area contributed by atoms with Gasteiger partial charge >= 0.3 is 0 Å². The van der Waals surface area contributed by atoms with Crippen LogP contribution in [0.5, 0.6) is 0 Å². The molecule has 2 aliphatic rings. The van der Waals surface area contributed by atoms with Crippen LogP contribution in [0.1, 0.15) is 36.0 Å². The summed E-state index contributed by atoms with van der Waals surface area (Å²) in [5.74, 6) is 0.240. The topological polar surface area (TPSA) is 56.2 Å². The van der Waals surface area contributed by atoms with E-state index in [9.17, 15) is 4.79 Å². The van der Waals surface area contributed by atoms with Crippen molar-refractivity contribution in [3.8, 4) is 0 Å². The molecular weight excluding hydrogens is 238 g/mol. The highest BCUT2D eigenvalue weighted by Gasteiger charge is 2.43. The Morgan fingerprint density at radius 1 is 1.42 bits per heavy atom. The van der Waals surface area contributed by atoms with Gasteiger partial charge in [0.1, 0.15) is 0 Å². The van der Waals surface area contributed by atoms with E-state index in [1.807, 2.05) is 0 Å². The Labute approximate surface area is 113 Å². The molecule has 1 atom stereocenters. The van der Waals surface area contributed by atoms with E-state index in [0.29, 0.717) is 6.42 Å². The van der Waals surface area contributed by atoms with Gasteiger partial charge in [-0.15, -0.1) is 0 Å². The summed E-state index contributed by atoms with van der Waals surface area (Å²) in [4.78, 5) is 13.5.